The van der Waals surface area contributed by atoms with Crippen molar-refractivity contribution in [3.8, 4) is 0 Å². The summed E-state index contributed by atoms with van der Waals surface area (Å²) >= 11 is 0. The van der Waals surface area contributed by atoms with Gasteiger partial charge in [0.05, 0.1) is 0 Å². The predicted molar refractivity (Wildman–Crippen MR) is 72.3 cm³/mol. The van der Waals surface area contributed by atoms with E-state index in [1.807, 2.05) is 38.4 Å². The zero-order valence-electron chi connectivity index (χ0n) is 12.6. The van der Waals surface area contributed by atoms with Gasteiger partial charge in [0, 0.05) is 44.4 Å². The number of carbonyl (C=O) groups excluding carboxylic acids is 5. The summed E-state index contributed by atoms with van der Waals surface area (Å²) in [5.41, 5.74) is -0.365. The van der Waals surface area contributed by atoms with E-state index in [1.165, 1.54) is 0 Å². The lowest BCUT2D eigenvalue weighted by Gasteiger charge is -2.38. The van der Waals surface area contributed by atoms with Gasteiger partial charge < -0.3 is 9.30 Å². The summed E-state index contributed by atoms with van der Waals surface area (Å²) in [5.74, 6) is 0.396. The second-order valence-electron chi connectivity index (χ2n) is 4.92. The highest BCUT2D eigenvalue weighted by Gasteiger charge is 2.41. The fourth-order valence-electron chi connectivity index (χ4n) is 2.50. The molecule has 1 aliphatic heterocycles. The summed E-state index contributed by atoms with van der Waals surface area (Å²) in [6.45, 7) is 5.30. The van der Waals surface area contributed by atoms with Gasteiger partial charge in [-0.05, 0) is 12.1 Å². The molecule has 7 nitrogen and oxygen atoms in total. The van der Waals surface area contributed by atoms with Crippen LogP contribution in [0.1, 0.15) is 26.7 Å². The largest absolute Gasteiger partial charge is 0.381 e. The van der Waals surface area contributed by atoms with Crippen LogP contribution < -0.4 is 0 Å². The highest BCUT2D eigenvalue weighted by atomic mass is 16.5. The van der Waals surface area contributed by atoms with Crippen molar-refractivity contribution in [2.75, 3.05) is 13.2 Å². The number of hydrogen-bond acceptors (Lipinski definition) is 6. The fourth-order valence-corrected chi connectivity index (χ4v) is 2.50. The number of aromatic nitrogens is 1. The average Bonchev–Trinajstić information content (AvgIpc) is 3.03. The van der Waals surface area contributed by atoms with Crippen molar-refractivity contribution >= 4 is 18.1 Å². The van der Waals surface area contributed by atoms with Crippen molar-refractivity contribution in [1.82, 2.24) is 4.57 Å². The lowest BCUT2D eigenvalue weighted by atomic mass is 9.80. The molecule has 0 amide bonds. The van der Waals surface area contributed by atoms with Crippen LogP contribution in [0.15, 0.2) is 24.5 Å². The number of ketones is 1. The molecule has 120 valence electrons. The molecular formula is C15H19NO6. The van der Waals surface area contributed by atoms with E-state index in [9.17, 15) is 4.79 Å². The first-order valence-electron chi connectivity index (χ1n) is 6.74. The van der Waals surface area contributed by atoms with Crippen LogP contribution in [0.3, 0.4) is 0 Å². The van der Waals surface area contributed by atoms with Crippen LogP contribution >= 0.6 is 0 Å². The molecule has 7 heteroatoms. The zero-order valence-corrected chi connectivity index (χ0v) is 12.6. The third-order valence-corrected chi connectivity index (χ3v) is 3.40. The number of ether oxygens (including phenoxy) is 1. The van der Waals surface area contributed by atoms with Gasteiger partial charge in [-0.1, -0.05) is 13.8 Å². The highest BCUT2D eigenvalue weighted by molar-refractivity contribution is 5.88. The molecule has 0 N–H and O–H groups in total. The third-order valence-electron chi connectivity index (χ3n) is 3.40. The molecule has 0 saturated carbocycles. The van der Waals surface area contributed by atoms with Crippen LogP contribution in [0, 0.1) is 5.92 Å². The summed E-state index contributed by atoms with van der Waals surface area (Å²) in [4.78, 5) is 44.9. The molecule has 0 aliphatic carbocycles. The molecule has 1 aromatic rings. The second kappa shape index (κ2) is 10.4. The van der Waals surface area contributed by atoms with Crippen molar-refractivity contribution in [3.63, 3.8) is 0 Å². The third kappa shape index (κ3) is 5.22. The van der Waals surface area contributed by atoms with E-state index >= 15 is 0 Å². The van der Waals surface area contributed by atoms with Gasteiger partial charge in [-0.3, -0.25) is 4.79 Å². The van der Waals surface area contributed by atoms with E-state index in [2.05, 4.69) is 4.57 Å². The Balaban J connectivity index is 0.000000639. The number of rotatable bonds is 3. The molecule has 0 atom stereocenters. The smallest absolute Gasteiger partial charge is 0.373 e. The lowest BCUT2D eigenvalue weighted by molar-refractivity contribution is -0.193. The normalized spacial score (nSPS) is 15.2. The van der Waals surface area contributed by atoms with Gasteiger partial charge >= 0.3 is 12.3 Å². The average molecular weight is 309 g/mol. The summed E-state index contributed by atoms with van der Waals surface area (Å²) in [7, 11) is 0. The minimum Gasteiger partial charge on any atom is -0.381 e. The SMILES string of the molecule is CC(C)C(=O)C1(n2cccc2)CCOCC1.O=C=O.O=C=O. The van der Waals surface area contributed by atoms with Crippen molar-refractivity contribution < 1.29 is 28.7 Å². The van der Waals surface area contributed by atoms with Gasteiger partial charge in [0.15, 0.2) is 5.78 Å². The molecule has 0 spiro atoms. The topological polar surface area (TPSA) is 99.5 Å². The Morgan fingerprint density at radius 1 is 1.05 bits per heavy atom. The second-order valence-corrected chi connectivity index (χ2v) is 4.92. The van der Waals surface area contributed by atoms with Crippen LogP contribution in [0.4, 0.5) is 0 Å². The first-order chi connectivity index (χ1) is 10.5. The van der Waals surface area contributed by atoms with E-state index in [0.29, 0.717) is 19.0 Å². The maximum Gasteiger partial charge on any atom is 0.373 e. The first kappa shape index (κ1) is 19.7. The van der Waals surface area contributed by atoms with Crippen LogP contribution in [-0.2, 0) is 34.2 Å². The molecule has 1 aliphatic rings. The summed E-state index contributed by atoms with van der Waals surface area (Å²) < 4.78 is 7.45. The van der Waals surface area contributed by atoms with Crippen molar-refractivity contribution in [1.29, 1.82) is 0 Å². The highest BCUT2D eigenvalue weighted by Crippen LogP contribution is 2.32. The first-order valence-corrected chi connectivity index (χ1v) is 6.74. The maximum atomic E-state index is 12.4. The molecule has 0 aromatic carbocycles. The Morgan fingerprint density at radius 3 is 1.82 bits per heavy atom. The summed E-state index contributed by atoms with van der Waals surface area (Å²) in [6, 6.07) is 3.95. The monoisotopic (exact) mass is 309 g/mol. The van der Waals surface area contributed by atoms with Gasteiger partial charge in [-0.15, -0.1) is 0 Å². The quantitative estimate of drug-likeness (QED) is 0.827. The minimum atomic E-state index is -0.365. The van der Waals surface area contributed by atoms with Crippen LogP contribution in [0.2, 0.25) is 0 Å². The Bertz CT molecular complexity index is 490. The van der Waals surface area contributed by atoms with E-state index in [-0.39, 0.29) is 23.8 Å². The Morgan fingerprint density at radius 2 is 1.45 bits per heavy atom. The zero-order chi connectivity index (χ0) is 17.0. The number of hydrogen-bond donors (Lipinski definition) is 0. The van der Waals surface area contributed by atoms with Crippen LogP contribution in [0.25, 0.3) is 0 Å². The van der Waals surface area contributed by atoms with Gasteiger partial charge in [0.1, 0.15) is 5.54 Å². The van der Waals surface area contributed by atoms with Crippen LogP contribution in [0.5, 0.6) is 0 Å². The van der Waals surface area contributed by atoms with Crippen molar-refractivity contribution in [2.45, 2.75) is 32.2 Å². The molecule has 0 unspecified atom stereocenters. The van der Waals surface area contributed by atoms with E-state index in [1.54, 1.807) is 0 Å². The van der Waals surface area contributed by atoms with Crippen LogP contribution in [-0.4, -0.2) is 35.9 Å². The summed E-state index contributed by atoms with van der Waals surface area (Å²) in [6.07, 6.45) is 6.06. The summed E-state index contributed by atoms with van der Waals surface area (Å²) in [5, 5.41) is 0. The molecular weight excluding hydrogens is 290 g/mol. The standard InChI is InChI=1S/C13H19NO2.2CO2/c1-11(2)12(15)13(5-9-16-10-6-13)14-7-3-4-8-14;2*2-1-3/h3-4,7-8,11H,5-6,9-10H2,1-2H3;;. The molecule has 0 radical (unpaired) electrons. The lowest BCUT2D eigenvalue weighted by Crippen LogP contribution is -2.47. The van der Waals surface area contributed by atoms with Gasteiger partial charge in [0.2, 0.25) is 0 Å². The van der Waals surface area contributed by atoms with E-state index < -0.39 is 0 Å². The van der Waals surface area contributed by atoms with E-state index in [0.717, 1.165) is 12.8 Å². The maximum absolute atomic E-state index is 12.4. The number of carbonyl (C=O) groups is 1. The van der Waals surface area contributed by atoms with Gasteiger partial charge in [-0.25, -0.2) is 0 Å². The predicted octanol–water partition coefficient (Wildman–Crippen LogP) is 1.05. The molecule has 1 fully saturated rings. The molecule has 1 saturated heterocycles. The van der Waals surface area contributed by atoms with Gasteiger partial charge in [0.25, 0.3) is 0 Å². The van der Waals surface area contributed by atoms with Crippen molar-refractivity contribution in [2.24, 2.45) is 5.92 Å². The molecule has 1 aromatic heterocycles. The molecule has 0 bridgehead atoms. The van der Waals surface area contributed by atoms with Gasteiger partial charge in [-0.2, -0.15) is 19.2 Å². The Labute approximate surface area is 128 Å². The molecule has 2 heterocycles. The Hall–Kier alpha value is -2.33. The van der Waals surface area contributed by atoms with Crippen molar-refractivity contribution in [3.05, 3.63) is 24.5 Å². The number of Topliss-reactive ketones (excluding diaryl/α,β-unsaturated/α-hetero) is 1. The Kier molecular flexibility index (Phi) is 9.30. The fraction of sp³-hybridized carbons (Fsp3) is 0.533. The number of nitrogens with zero attached hydrogens (tertiary/aromatic N) is 1. The minimum absolute atomic E-state index is 0.0699. The van der Waals surface area contributed by atoms with E-state index in [4.69, 9.17) is 23.9 Å². The molecule has 22 heavy (non-hydrogen) atoms. The molecule has 2 rings (SSSR count).